The first kappa shape index (κ1) is 17.2. The Bertz CT molecular complexity index is 757. The number of halogens is 1. The van der Waals surface area contributed by atoms with Crippen LogP contribution in [0.4, 0.5) is 0 Å². The lowest BCUT2D eigenvalue weighted by molar-refractivity contribution is 0.0949. The van der Waals surface area contributed by atoms with Gasteiger partial charge in [-0.1, -0.05) is 24.3 Å². The lowest BCUT2D eigenvalue weighted by Crippen LogP contribution is -2.39. The fourth-order valence-electron chi connectivity index (χ4n) is 2.76. The van der Waals surface area contributed by atoms with Gasteiger partial charge in [-0.25, -0.2) is 0 Å². The summed E-state index contributed by atoms with van der Waals surface area (Å²) in [4.78, 5) is 23.8. The molecule has 2 heterocycles. The van der Waals surface area contributed by atoms with Crippen LogP contribution in [0.1, 0.15) is 27.5 Å². The molecule has 6 heteroatoms. The van der Waals surface area contributed by atoms with Crippen LogP contribution in [0.2, 0.25) is 0 Å². The lowest BCUT2D eigenvalue weighted by Gasteiger charge is -2.27. The standard InChI is InChI=1S/C17H19N3O2.ClH/c1-20-9-7-13(10-16(20)21)17(22)19-11-15-14-5-3-2-4-12(14)6-8-18-15;/h2-5,7,9-10,15,18H,6,8,11H2,1H3,(H,19,22);1H. The zero-order valence-corrected chi connectivity index (χ0v) is 13.7. The number of carbonyl (C=O) groups excluding carboxylic acids is 1. The van der Waals surface area contributed by atoms with Crippen LogP contribution in [0.3, 0.4) is 0 Å². The maximum absolute atomic E-state index is 12.2. The van der Waals surface area contributed by atoms with Gasteiger partial charge in [-0.15, -0.1) is 12.4 Å². The summed E-state index contributed by atoms with van der Waals surface area (Å²) in [5.41, 5.74) is 2.77. The largest absolute Gasteiger partial charge is 0.350 e. The molecule has 0 bridgehead atoms. The van der Waals surface area contributed by atoms with Crippen LogP contribution in [0.25, 0.3) is 0 Å². The topological polar surface area (TPSA) is 63.1 Å². The lowest BCUT2D eigenvalue weighted by atomic mass is 9.94. The Morgan fingerprint density at radius 2 is 2.13 bits per heavy atom. The molecule has 2 aromatic rings. The molecule has 1 unspecified atom stereocenters. The third-order valence-corrected chi connectivity index (χ3v) is 4.05. The number of rotatable bonds is 3. The average Bonchev–Trinajstić information content (AvgIpc) is 2.55. The van der Waals surface area contributed by atoms with Gasteiger partial charge in [-0.3, -0.25) is 9.59 Å². The first-order valence-corrected chi connectivity index (χ1v) is 7.41. The summed E-state index contributed by atoms with van der Waals surface area (Å²) in [5.74, 6) is -0.220. The molecule has 0 radical (unpaired) electrons. The highest BCUT2D eigenvalue weighted by Gasteiger charge is 2.19. The number of hydrogen-bond donors (Lipinski definition) is 2. The van der Waals surface area contributed by atoms with E-state index in [-0.39, 0.29) is 29.9 Å². The first-order valence-electron chi connectivity index (χ1n) is 7.41. The Labute approximate surface area is 141 Å². The van der Waals surface area contributed by atoms with E-state index in [2.05, 4.69) is 22.8 Å². The van der Waals surface area contributed by atoms with Crippen LogP contribution in [-0.4, -0.2) is 23.6 Å². The van der Waals surface area contributed by atoms with E-state index in [1.807, 2.05) is 12.1 Å². The monoisotopic (exact) mass is 333 g/mol. The highest BCUT2D eigenvalue weighted by atomic mass is 35.5. The summed E-state index contributed by atoms with van der Waals surface area (Å²) < 4.78 is 1.44. The number of benzene rings is 1. The van der Waals surface area contributed by atoms with Gasteiger partial charge in [-0.2, -0.15) is 0 Å². The maximum Gasteiger partial charge on any atom is 0.251 e. The smallest absolute Gasteiger partial charge is 0.251 e. The molecule has 5 nitrogen and oxygen atoms in total. The van der Waals surface area contributed by atoms with Crippen molar-refractivity contribution in [3.63, 3.8) is 0 Å². The van der Waals surface area contributed by atoms with Crippen molar-refractivity contribution in [1.82, 2.24) is 15.2 Å². The summed E-state index contributed by atoms with van der Waals surface area (Å²) in [6.45, 7) is 1.41. The number of hydrogen-bond acceptors (Lipinski definition) is 3. The molecule has 1 aromatic heterocycles. The molecule has 0 spiro atoms. The SMILES string of the molecule is Cl.Cn1ccc(C(=O)NCC2NCCc3ccccc32)cc1=O. The molecule has 1 aliphatic rings. The molecule has 3 rings (SSSR count). The molecule has 1 amide bonds. The van der Waals surface area contributed by atoms with E-state index < -0.39 is 0 Å². The fourth-order valence-corrected chi connectivity index (χ4v) is 2.76. The van der Waals surface area contributed by atoms with Gasteiger partial charge in [0, 0.05) is 37.5 Å². The number of pyridine rings is 1. The molecule has 0 aliphatic carbocycles. The molecular formula is C17H20ClN3O2. The van der Waals surface area contributed by atoms with E-state index in [0.29, 0.717) is 12.1 Å². The highest BCUT2D eigenvalue weighted by molar-refractivity contribution is 5.94. The number of nitrogens with zero attached hydrogens (tertiary/aromatic N) is 1. The summed E-state index contributed by atoms with van der Waals surface area (Å²) in [5, 5.41) is 6.33. The second kappa shape index (κ2) is 7.44. The normalized spacial score (nSPS) is 16.1. The van der Waals surface area contributed by atoms with Crippen molar-refractivity contribution >= 4 is 18.3 Å². The minimum atomic E-state index is -0.220. The molecule has 0 fully saturated rings. The van der Waals surface area contributed by atoms with Crippen LogP contribution in [0.15, 0.2) is 47.4 Å². The second-order valence-electron chi connectivity index (χ2n) is 5.53. The Hall–Kier alpha value is -2.11. The minimum Gasteiger partial charge on any atom is -0.350 e. The molecule has 1 aromatic carbocycles. The molecule has 1 aliphatic heterocycles. The van der Waals surface area contributed by atoms with Crippen molar-refractivity contribution in [3.05, 3.63) is 69.6 Å². The number of nitrogens with one attached hydrogen (secondary N) is 2. The van der Waals surface area contributed by atoms with Gasteiger partial charge < -0.3 is 15.2 Å². The molecule has 0 saturated heterocycles. The van der Waals surface area contributed by atoms with E-state index in [0.717, 1.165) is 13.0 Å². The van der Waals surface area contributed by atoms with Gasteiger partial charge >= 0.3 is 0 Å². The van der Waals surface area contributed by atoms with E-state index in [4.69, 9.17) is 0 Å². The van der Waals surface area contributed by atoms with E-state index in [1.165, 1.54) is 21.8 Å². The van der Waals surface area contributed by atoms with Gasteiger partial charge in [0.2, 0.25) is 0 Å². The van der Waals surface area contributed by atoms with Gasteiger partial charge in [0.25, 0.3) is 11.5 Å². The summed E-state index contributed by atoms with van der Waals surface area (Å²) in [6, 6.07) is 11.4. The summed E-state index contributed by atoms with van der Waals surface area (Å²) in [6.07, 6.45) is 2.61. The average molecular weight is 334 g/mol. The molecule has 1 atom stereocenters. The summed E-state index contributed by atoms with van der Waals surface area (Å²) >= 11 is 0. The highest BCUT2D eigenvalue weighted by Crippen LogP contribution is 2.21. The van der Waals surface area contributed by atoms with E-state index in [9.17, 15) is 9.59 Å². The Morgan fingerprint density at radius 3 is 2.91 bits per heavy atom. The number of aromatic nitrogens is 1. The molecular weight excluding hydrogens is 314 g/mol. The fraction of sp³-hybridized carbons (Fsp3) is 0.294. The Kier molecular flexibility index (Phi) is 5.58. The van der Waals surface area contributed by atoms with Gasteiger partial charge in [-0.05, 0) is 30.2 Å². The number of amides is 1. The van der Waals surface area contributed by atoms with Crippen molar-refractivity contribution in [2.45, 2.75) is 12.5 Å². The number of aryl methyl sites for hydroxylation is 1. The van der Waals surface area contributed by atoms with Crippen molar-refractivity contribution in [3.8, 4) is 0 Å². The number of fused-ring (bicyclic) bond motifs is 1. The van der Waals surface area contributed by atoms with Crippen molar-refractivity contribution in [1.29, 1.82) is 0 Å². The van der Waals surface area contributed by atoms with Crippen molar-refractivity contribution in [2.75, 3.05) is 13.1 Å². The molecule has 0 saturated carbocycles. The van der Waals surface area contributed by atoms with Crippen LogP contribution < -0.4 is 16.2 Å². The van der Waals surface area contributed by atoms with Crippen LogP contribution in [-0.2, 0) is 13.5 Å². The van der Waals surface area contributed by atoms with E-state index in [1.54, 1.807) is 19.3 Å². The predicted octanol–water partition coefficient (Wildman–Crippen LogP) is 1.42. The third kappa shape index (κ3) is 3.81. The molecule has 122 valence electrons. The first-order chi connectivity index (χ1) is 10.6. The van der Waals surface area contributed by atoms with Gasteiger partial charge in [0.1, 0.15) is 0 Å². The van der Waals surface area contributed by atoms with Crippen LogP contribution >= 0.6 is 12.4 Å². The maximum atomic E-state index is 12.2. The summed E-state index contributed by atoms with van der Waals surface area (Å²) in [7, 11) is 1.66. The zero-order chi connectivity index (χ0) is 15.5. The number of carbonyl (C=O) groups is 1. The van der Waals surface area contributed by atoms with Gasteiger partial charge in [0.15, 0.2) is 0 Å². The van der Waals surface area contributed by atoms with E-state index >= 15 is 0 Å². The van der Waals surface area contributed by atoms with Crippen LogP contribution in [0, 0.1) is 0 Å². The molecule has 2 N–H and O–H groups in total. The second-order valence-corrected chi connectivity index (χ2v) is 5.53. The minimum absolute atomic E-state index is 0. The molecule has 23 heavy (non-hydrogen) atoms. The quantitative estimate of drug-likeness (QED) is 0.893. The zero-order valence-electron chi connectivity index (χ0n) is 12.9. The Morgan fingerprint density at radius 1 is 1.35 bits per heavy atom. The predicted molar refractivity (Wildman–Crippen MR) is 92.2 cm³/mol. The van der Waals surface area contributed by atoms with Crippen LogP contribution in [0.5, 0.6) is 0 Å². The van der Waals surface area contributed by atoms with Crippen molar-refractivity contribution < 1.29 is 4.79 Å². The van der Waals surface area contributed by atoms with Crippen molar-refractivity contribution in [2.24, 2.45) is 7.05 Å². The van der Waals surface area contributed by atoms with Gasteiger partial charge in [0.05, 0.1) is 0 Å². The Balaban J connectivity index is 0.00000192. The third-order valence-electron chi connectivity index (χ3n) is 4.05.